The first-order chi connectivity index (χ1) is 14.8. The first kappa shape index (κ1) is 23.0. The number of nitrogens with zero attached hydrogens (tertiary/aromatic N) is 2. The molecule has 1 aliphatic heterocycles. The van der Waals surface area contributed by atoms with Gasteiger partial charge in [-0.1, -0.05) is 18.2 Å². The smallest absolute Gasteiger partial charge is 0.405 e. The minimum absolute atomic E-state index is 0.132. The van der Waals surface area contributed by atoms with E-state index < -0.39 is 26.7 Å². The van der Waals surface area contributed by atoms with Gasteiger partial charge in [-0.3, -0.25) is 4.79 Å². The van der Waals surface area contributed by atoms with E-state index in [1.165, 1.54) is 0 Å². The zero-order chi connectivity index (χ0) is 22.5. The molecular weight excluding hydrogens is 420 g/mol. The van der Waals surface area contributed by atoms with E-state index in [1.54, 1.807) is 24.3 Å². The SMILES string of the molecule is N#CC1(NC(=O)O)CC1.O=C([C@@H]1CC[C@@H](S(=O)(=O)c2ccccc2)C1)N1CCNCC1. The molecule has 0 bridgehead atoms. The quantitative estimate of drug-likeness (QED) is 0.632. The third kappa shape index (κ3) is 5.74. The lowest BCUT2D eigenvalue weighted by Crippen LogP contribution is -2.48. The monoisotopic (exact) mass is 448 g/mol. The van der Waals surface area contributed by atoms with Crippen LogP contribution in [0.3, 0.4) is 0 Å². The minimum Gasteiger partial charge on any atom is -0.465 e. The van der Waals surface area contributed by atoms with Crippen molar-refractivity contribution in [2.24, 2.45) is 5.92 Å². The van der Waals surface area contributed by atoms with Gasteiger partial charge < -0.3 is 20.6 Å². The van der Waals surface area contributed by atoms with E-state index in [1.807, 2.05) is 17.0 Å². The normalized spacial score (nSPS) is 24.3. The van der Waals surface area contributed by atoms with E-state index in [0.29, 0.717) is 37.0 Å². The zero-order valence-corrected chi connectivity index (χ0v) is 18.1. The van der Waals surface area contributed by atoms with Crippen LogP contribution in [0.1, 0.15) is 32.1 Å². The fourth-order valence-corrected chi connectivity index (χ4v) is 5.84. The van der Waals surface area contributed by atoms with Crippen molar-refractivity contribution in [3.8, 4) is 6.07 Å². The molecule has 2 saturated carbocycles. The Morgan fingerprint density at radius 3 is 2.32 bits per heavy atom. The number of hydrogen-bond donors (Lipinski definition) is 3. The number of carboxylic acid groups (broad SMARTS) is 1. The molecule has 2 aliphatic carbocycles. The molecule has 10 heteroatoms. The molecule has 1 saturated heterocycles. The second kappa shape index (κ2) is 9.66. The number of carbonyl (C=O) groups excluding carboxylic acids is 1. The van der Waals surface area contributed by atoms with Gasteiger partial charge in [0.05, 0.1) is 16.2 Å². The van der Waals surface area contributed by atoms with Crippen LogP contribution < -0.4 is 10.6 Å². The number of piperazine rings is 1. The number of amides is 2. The second-order valence-electron chi connectivity index (χ2n) is 8.19. The Hall–Kier alpha value is -2.64. The largest absolute Gasteiger partial charge is 0.465 e. The van der Waals surface area contributed by atoms with Crippen LogP contribution in [-0.4, -0.2) is 67.4 Å². The Labute approximate surface area is 182 Å². The Bertz CT molecular complexity index is 934. The maximum Gasteiger partial charge on any atom is 0.405 e. The van der Waals surface area contributed by atoms with Crippen molar-refractivity contribution >= 4 is 21.8 Å². The van der Waals surface area contributed by atoms with Crippen molar-refractivity contribution in [3.05, 3.63) is 30.3 Å². The van der Waals surface area contributed by atoms with E-state index in [0.717, 1.165) is 26.2 Å². The van der Waals surface area contributed by atoms with Gasteiger partial charge in [-0.2, -0.15) is 5.26 Å². The van der Waals surface area contributed by atoms with E-state index in [2.05, 4.69) is 10.6 Å². The van der Waals surface area contributed by atoms with Gasteiger partial charge in [0.25, 0.3) is 0 Å². The Morgan fingerprint density at radius 1 is 1.16 bits per heavy atom. The van der Waals surface area contributed by atoms with Crippen LogP contribution in [0.25, 0.3) is 0 Å². The van der Waals surface area contributed by atoms with Crippen LogP contribution in [0.15, 0.2) is 35.2 Å². The van der Waals surface area contributed by atoms with Crippen molar-refractivity contribution < 1.29 is 23.1 Å². The van der Waals surface area contributed by atoms with Crippen LogP contribution in [-0.2, 0) is 14.6 Å². The molecule has 0 spiro atoms. The number of benzene rings is 1. The topological polar surface area (TPSA) is 140 Å². The molecule has 0 aromatic heterocycles. The summed E-state index contributed by atoms with van der Waals surface area (Å²) in [6.07, 6.45) is 1.90. The van der Waals surface area contributed by atoms with E-state index in [4.69, 9.17) is 10.4 Å². The summed E-state index contributed by atoms with van der Waals surface area (Å²) in [5.74, 6) is -0.00570. The first-order valence-corrected chi connectivity index (χ1v) is 12.0. The number of hydrogen-bond acceptors (Lipinski definition) is 6. The molecule has 2 amide bonds. The van der Waals surface area contributed by atoms with Gasteiger partial charge in [0, 0.05) is 32.1 Å². The third-order valence-electron chi connectivity index (χ3n) is 5.98. The molecule has 9 nitrogen and oxygen atoms in total. The molecule has 2 atom stereocenters. The average molecular weight is 449 g/mol. The second-order valence-corrected chi connectivity index (χ2v) is 10.4. The van der Waals surface area contributed by atoms with Crippen LogP contribution in [0, 0.1) is 17.2 Å². The van der Waals surface area contributed by atoms with E-state index in [9.17, 15) is 18.0 Å². The van der Waals surface area contributed by atoms with Crippen molar-refractivity contribution in [1.29, 1.82) is 5.26 Å². The molecule has 0 unspecified atom stereocenters. The lowest BCUT2D eigenvalue weighted by atomic mass is 10.1. The van der Waals surface area contributed by atoms with Crippen LogP contribution in [0.5, 0.6) is 0 Å². The molecule has 3 fully saturated rings. The average Bonchev–Trinajstić information content (AvgIpc) is 3.36. The Morgan fingerprint density at radius 2 is 1.81 bits per heavy atom. The predicted molar refractivity (Wildman–Crippen MR) is 113 cm³/mol. The highest BCUT2D eigenvalue weighted by Crippen LogP contribution is 2.35. The number of nitriles is 1. The van der Waals surface area contributed by atoms with Gasteiger partial charge in [-0.05, 0) is 44.2 Å². The fourth-order valence-electron chi connectivity index (χ4n) is 3.99. The Kier molecular flexibility index (Phi) is 7.18. The minimum atomic E-state index is -3.32. The third-order valence-corrected chi connectivity index (χ3v) is 8.22. The molecule has 3 aliphatic rings. The van der Waals surface area contributed by atoms with Gasteiger partial charge in [0.1, 0.15) is 5.54 Å². The highest BCUT2D eigenvalue weighted by Gasteiger charge is 2.44. The van der Waals surface area contributed by atoms with Gasteiger partial charge in [-0.25, -0.2) is 13.2 Å². The summed E-state index contributed by atoms with van der Waals surface area (Å²) in [6.45, 7) is 3.10. The number of rotatable bonds is 4. The lowest BCUT2D eigenvalue weighted by Gasteiger charge is -2.29. The van der Waals surface area contributed by atoms with Crippen molar-refractivity contribution in [3.63, 3.8) is 0 Å². The van der Waals surface area contributed by atoms with Crippen LogP contribution in [0.2, 0.25) is 0 Å². The van der Waals surface area contributed by atoms with Crippen molar-refractivity contribution in [2.45, 2.75) is 47.8 Å². The summed E-state index contributed by atoms with van der Waals surface area (Å²) < 4.78 is 25.3. The lowest BCUT2D eigenvalue weighted by molar-refractivity contribution is -0.135. The highest BCUT2D eigenvalue weighted by atomic mass is 32.2. The number of carbonyl (C=O) groups is 2. The summed E-state index contributed by atoms with van der Waals surface area (Å²) >= 11 is 0. The van der Waals surface area contributed by atoms with Crippen LogP contribution in [0.4, 0.5) is 4.79 Å². The van der Waals surface area contributed by atoms with Crippen LogP contribution >= 0.6 is 0 Å². The molecular formula is C21H28N4O5S. The zero-order valence-electron chi connectivity index (χ0n) is 17.3. The summed E-state index contributed by atoms with van der Waals surface area (Å²) in [4.78, 5) is 24.7. The molecule has 168 valence electrons. The highest BCUT2D eigenvalue weighted by molar-refractivity contribution is 7.92. The predicted octanol–water partition coefficient (Wildman–Crippen LogP) is 1.37. The summed E-state index contributed by atoms with van der Waals surface area (Å²) in [5, 5.41) is 21.4. The van der Waals surface area contributed by atoms with Crippen molar-refractivity contribution in [2.75, 3.05) is 26.2 Å². The standard InChI is InChI=1S/C16H22N2O3S.C5H6N2O2/c19-16(18-10-8-17-9-11-18)13-6-7-15(12-13)22(20,21)14-4-2-1-3-5-14;6-3-5(1-2-5)7-4(8)9/h1-5,13,15,17H,6-12H2;7H,1-2H2,(H,8,9)/t13-,15-;/m1./s1. The van der Waals surface area contributed by atoms with Gasteiger partial charge >= 0.3 is 6.09 Å². The van der Waals surface area contributed by atoms with Gasteiger partial charge in [0.2, 0.25) is 5.91 Å². The molecule has 1 heterocycles. The van der Waals surface area contributed by atoms with Crippen molar-refractivity contribution in [1.82, 2.24) is 15.5 Å². The summed E-state index contributed by atoms with van der Waals surface area (Å²) in [5.41, 5.74) is -0.730. The maximum absolute atomic E-state index is 12.6. The summed E-state index contributed by atoms with van der Waals surface area (Å²) in [6, 6.07) is 10.5. The first-order valence-electron chi connectivity index (χ1n) is 10.5. The molecule has 0 radical (unpaired) electrons. The maximum atomic E-state index is 12.6. The molecule has 31 heavy (non-hydrogen) atoms. The molecule has 1 aromatic carbocycles. The van der Waals surface area contributed by atoms with Gasteiger partial charge in [0.15, 0.2) is 9.84 Å². The number of nitrogens with one attached hydrogen (secondary N) is 2. The molecule has 3 N–H and O–H groups in total. The molecule has 4 rings (SSSR count). The fraction of sp³-hybridized carbons (Fsp3) is 0.571. The number of sulfone groups is 1. The van der Waals surface area contributed by atoms with Gasteiger partial charge in [-0.15, -0.1) is 0 Å². The Balaban J connectivity index is 0.000000254. The molecule has 1 aromatic rings. The van der Waals surface area contributed by atoms with E-state index >= 15 is 0 Å². The van der Waals surface area contributed by atoms with E-state index in [-0.39, 0.29) is 11.8 Å². The summed E-state index contributed by atoms with van der Waals surface area (Å²) in [7, 11) is -3.32.